The van der Waals surface area contributed by atoms with Gasteiger partial charge >= 0.3 is 129 Å². The molecular formula is C26H50N2O8Ti. The van der Waals surface area contributed by atoms with Gasteiger partial charge in [0.05, 0.1) is 0 Å². The number of rotatable bonds is 22. The average molecular weight is 567 g/mol. The van der Waals surface area contributed by atoms with Crippen molar-refractivity contribution >= 4 is 23.5 Å². The van der Waals surface area contributed by atoms with Crippen molar-refractivity contribution in [2.24, 2.45) is 0 Å². The Morgan fingerprint density at radius 2 is 0.946 bits per heavy atom. The van der Waals surface area contributed by atoms with Crippen molar-refractivity contribution in [3.8, 4) is 0 Å². The van der Waals surface area contributed by atoms with Gasteiger partial charge < -0.3 is 19.8 Å². The van der Waals surface area contributed by atoms with Crippen LogP contribution in [0.25, 0.3) is 0 Å². The number of hydrogen-bond donors (Lipinski definition) is 0. The van der Waals surface area contributed by atoms with Crippen molar-refractivity contribution < 1.29 is 56.0 Å². The summed E-state index contributed by atoms with van der Waals surface area (Å²) in [6.07, 6.45) is 3.45. The van der Waals surface area contributed by atoms with Gasteiger partial charge in [0, 0.05) is 37.6 Å². The van der Waals surface area contributed by atoms with E-state index in [1.54, 1.807) is 0 Å². The quantitative estimate of drug-likeness (QED) is 0.107. The van der Waals surface area contributed by atoms with Crippen LogP contribution in [0.5, 0.6) is 0 Å². The van der Waals surface area contributed by atoms with Crippen molar-refractivity contribution in [1.82, 2.24) is 9.80 Å². The van der Waals surface area contributed by atoms with Crippen molar-refractivity contribution in [3.05, 3.63) is 0 Å². The number of ketones is 2. The third-order valence-corrected chi connectivity index (χ3v) is 6.09. The molecule has 0 radical (unpaired) electrons. The van der Waals surface area contributed by atoms with E-state index in [4.69, 9.17) is 6.64 Å². The summed E-state index contributed by atoms with van der Waals surface area (Å²) in [5, 5.41) is 19.5. The van der Waals surface area contributed by atoms with E-state index >= 15 is 0 Å². The van der Waals surface area contributed by atoms with Gasteiger partial charge in [-0.1, -0.05) is 13.8 Å². The van der Waals surface area contributed by atoms with Crippen LogP contribution < -0.4 is 10.2 Å². The molecule has 0 atom stereocenters. The number of carboxylic acid groups (broad SMARTS) is 2. The Balaban J connectivity index is -0.000000534. The second-order valence-electron chi connectivity index (χ2n) is 8.22. The van der Waals surface area contributed by atoms with Crippen LogP contribution >= 0.6 is 0 Å². The first-order valence-corrected chi connectivity index (χ1v) is 14.7. The molecule has 0 aliphatic rings. The van der Waals surface area contributed by atoms with Gasteiger partial charge in [0.1, 0.15) is 11.6 Å². The Hall–Kier alpha value is -1.17. The molecule has 0 aliphatic carbocycles. The topological polar surface area (TPSA) is 139 Å². The van der Waals surface area contributed by atoms with Crippen LogP contribution in [0.2, 0.25) is 0 Å². The Morgan fingerprint density at radius 1 is 0.622 bits per heavy atom. The standard InChI is InChI=1S/2C7H16NO.2C6H10O3.Ti/c2*1-3-8(4-2)6-5-7-9;2*1-2-3-5(7)4-6(8)9;/h2*3-7H2,1-2H3;2*2-4H2,1H3,(H,8,9);/q2*-1;;;+4/p-2. The molecule has 0 aliphatic heterocycles. The third kappa shape index (κ3) is 34.8. The van der Waals surface area contributed by atoms with Gasteiger partial charge in [-0.15, -0.1) is 0 Å². The molecule has 0 aromatic rings. The summed E-state index contributed by atoms with van der Waals surface area (Å²) < 4.78 is 11.2. The number of carboxylic acids is 2. The van der Waals surface area contributed by atoms with Crippen LogP contribution in [-0.2, 0) is 45.7 Å². The van der Waals surface area contributed by atoms with Gasteiger partial charge in [-0.25, -0.2) is 0 Å². The fourth-order valence-corrected chi connectivity index (χ4v) is 3.82. The van der Waals surface area contributed by atoms with Gasteiger partial charge in [0.25, 0.3) is 0 Å². The fraction of sp³-hybridized carbons (Fsp3) is 0.846. The number of Topliss-reactive ketones (excluding diaryl/α,β-unsaturated/α-hetero) is 2. The zero-order valence-electron chi connectivity index (χ0n) is 24.0. The van der Waals surface area contributed by atoms with E-state index in [-0.39, 0.29) is 11.6 Å². The summed E-state index contributed by atoms with van der Waals surface area (Å²) in [7, 11) is 0. The molecule has 0 aromatic heterocycles. The van der Waals surface area contributed by atoms with Crippen molar-refractivity contribution in [2.45, 2.75) is 92.9 Å². The van der Waals surface area contributed by atoms with Crippen LogP contribution in [0.15, 0.2) is 0 Å². The molecule has 0 saturated carbocycles. The van der Waals surface area contributed by atoms with Crippen molar-refractivity contribution in [3.63, 3.8) is 0 Å². The summed E-state index contributed by atoms with van der Waals surface area (Å²) in [6, 6.07) is 0. The fourth-order valence-electron chi connectivity index (χ4n) is 2.98. The maximum atomic E-state index is 10.4. The molecule has 0 unspecified atom stereocenters. The molecule has 0 rings (SSSR count). The SMILES string of the molecule is CCCC(=O)CC(=O)[O-].CCCC(=O)CC(=O)[O-].CCN(CC)CCC[O][Ti+2][O]CCCN(CC)CC. The Kier molecular flexibility index (Phi) is 33.9. The predicted octanol–water partition coefficient (Wildman–Crippen LogP) is 1.39. The van der Waals surface area contributed by atoms with Crippen LogP contribution in [-0.4, -0.2) is 85.8 Å². The van der Waals surface area contributed by atoms with E-state index in [1.165, 1.54) is 0 Å². The van der Waals surface area contributed by atoms with E-state index in [0.717, 1.165) is 65.3 Å². The summed E-state index contributed by atoms with van der Waals surface area (Å²) in [5.74, 6) is -3.07. The van der Waals surface area contributed by atoms with Gasteiger partial charge in [0.15, 0.2) is 0 Å². The minimum atomic E-state index is -1.28. The van der Waals surface area contributed by atoms with E-state index in [1.807, 2.05) is 13.8 Å². The molecule has 0 aromatic carbocycles. The predicted molar refractivity (Wildman–Crippen MR) is 136 cm³/mol. The Morgan fingerprint density at radius 3 is 1.19 bits per heavy atom. The average Bonchev–Trinajstić information content (AvgIpc) is 2.83. The molecular weight excluding hydrogens is 516 g/mol. The molecule has 0 heterocycles. The zero-order valence-corrected chi connectivity index (χ0v) is 25.5. The maximum absolute atomic E-state index is 10.4. The van der Waals surface area contributed by atoms with Gasteiger partial charge in [-0.05, 0) is 12.8 Å². The molecule has 0 bridgehead atoms. The van der Waals surface area contributed by atoms with Crippen LogP contribution in [0.1, 0.15) is 92.9 Å². The molecule has 0 saturated heterocycles. The van der Waals surface area contributed by atoms with Crippen LogP contribution in [0.3, 0.4) is 0 Å². The summed E-state index contributed by atoms with van der Waals surface area (Å²) in [6.45, 7) is 21.0. The molecule has 10 nitrogen and oxygen atoms in total. The molecule has 11 heteroatoms. The van der Waals surface area contributed by atoms with Crippen LogP contribution in [0.4, 0.5) is 0 Å². The molecule has 0 N–H and O–H groups in total. The number of hydrogen-bond acceptors (Lipinski definition) is 10. The second-order valence-corrected chi connectivity index (χ2v) is 9.38. The molecule has 0 spiro atoms. The van der Waals surface area contributed by atoms with Crippen molar-refractivity contribution in [1.29, 1.82) is 0 Å². The monoisotopic (exact) mass is 566 g/mol. The molecule has 216 valence electrons. The first-order valence-electron chi connectivity index (χ1n) is 13.5. The summed E-state index contributed by atoms with van der Waals surface area (Å²) in [5.41, 5.74) is 0. The van der Waals surface area contributed by atoms with Crippen molar-refractivity contribution in [2.75, 3.05) is 52.5 Å². The van der Waals surface area contributed by atoms with Gasteiger partial charge in [-0.2, -0.15) is 0 Å². The first kappa shape index (κ1) is 40.3. The van der Waals surface area contributed by atoms with E-state index in [2.05, 4.69) is 37.5 Å². The number of aliphatic carboxylic acids is 2. The zero-order chi connectivity index (χ0) is 28.9. The van der Waals surface area contributed by atoms with Crippen LogP contribution in [0, 0.1) is 0 Å². The molecule has 0 fully saturated rings. The number of carbonyl (C=O) groups is 4. The van der Waals surface area contributed by atoms with E-state index in [9.17, 15) is 29.4 Å². The normalized spacial score (nSPS) is 10.2. The van der Waals surface area contributed by atoms with E-state index in [0.29, 0.717) is 25.7 Å². The third-order valence-electron chi connectivity index (χ3n) is 5.09. The minimum absolute atomic E-state index is 0.252. The second kappa shape index (κ2) is 31.1. The summed E-state index contributed by atoms with van der Waals surface area (Å²) >= 11 is -0.622. The van der Waals surface area contributed by atoms with Gasteiger partial charge in [0.2, 0.25) is 0 Å². The molecule has 37 heavy (non-hydrogen) atoms. The summed E-state index contributed by atoms with van der Waals surface area (Å²) in [4.78, 5) is 45.2. The van der Waals surface area contributed by atoms with Gasteiger partial charge in [-0.3, -0.25) is 9.59 Å². The molecule has 0 amide bonds. The Labute approximate surface area is 234 Å². The Bertz CT molecular complexity index is 523. The van der Waals surface area contributed by atoms with E-state index < -0.39 is 44.7 Å². The number of nitrogens with zero attached hydrogens (tertiary/aromatic N) is 2. The first-order chi connectivity index (χ1) is 17.6. The number of carbonyl (C=O) groups excluding carboxylic acids is 4.